The monoisotopic (exact) mass is 329 g/mol. The van der Waals surface area contributed by atoms with Crippen molar-refractivity contribution in [1.29, 1.82) is 0 Å². The van der Waals surface area contributed by atoms with Crippen LogP contribution in [0.25, 0.3) is 0 Å². The Labute approximate surface area is 143 Å². The molecule has 0 unspecified atom stereocenters. The smallest absolute Gasteiger partial charge is 0.225 e. The van der Waals surface area contributed by atoms with E-state index in [0.29, 0.717) is 0 Å². The second kappa shape index (κ2) is 6.81. The molecule has 2 aliphatic heterocycles. The molecule has 1 amide bonds. The molecule has 3 aliphatic rings. The van der Waals surface area contributed by atoms with Gasteiger partial charge >= 0.3 is 0 Å². The van der Waals surface area contributed by atoms with Crippen LogP contribution in [0.15, 0.2) is 24.5 Å². The molecule has 24 heavy (non-hydrogen) atoms. The van der Waals surface area contributed by atoms with Gasteiger partial charge in [0.1, 0.15) is 0 Å². The second-order valence-electron chi connectivity index (χ2n) is 7.75. The van der Waals surface area contributed by atoms with Crippen molar-refractivity contribution in [2.24, 2.45) is 17.3 Å². The fraction of sp³-hybridized carbons (Fsp3) is 0.684. The number of rotatable bonds is 5. The lowest BCUT2D eigenvalue weighted by atomic mass is 9.71. The molecule has 1 saturated carbocycles. The zero-order valence-corrected chi connectivity index (χ0v) is 14.2. The molecule has 130 valence electrons. The van der Waals surface area contributed by atoms with Crippen molar-refractivity contribution in [1.82, 2.24) is 15.2 Å². The highest BCUT2D eigenvalue weighted by molar-refractivity contribution is 5.80. The van der Waals surface area contributed by atoms with E-state index in [4.69, 9.17) is 4.74 Å². The molecular weight excluding hydrogens is 302 g/mol. The maximum Gasteiger partial charge on any atom is 0.225 e. The maximum absolute atomic E-state index is 12.9. The van der Waals surface area contributed by atoms with E-state index < -0.39 is 0 Å². The number of hydrogen-bond acceptors (Lipinski definition) is 4. The summed E-state index contributed by atoms with van der Waals surface area (Å²) in [7, 11) is 0. The van der Waals surface area contributed by atoms with Gasteiger partial charge in [0.2, 0.25) is 5.91 Å². The van der Waals surface area contributed by atoms with E-state index in [9.17, 15) is 4.79 Å². The van der Waals surface area contributed by atoms with Gasteiger partial charge in [-0.2, -0.15) is 0 Å². The van der Waals surface area contributed by atoms with Crippen LogP contribution in [0.3, 0.4) is 0 Å². The Balaban J connectivity index is 1.45. The summed E-state index contributed by atoms with van der Waals surface area (Å²) in [5, 5.41) is 3.22. The van der Waals surface area contributed by atoms with Crippen LogP contribution in [0.1, 0.15) is 31.2 Å². The Morgan fingerprint density at radius 2 is 2.21 bits per heavy atom. The number of hydrogen-bond donors (Lipinski definition) is 1. The highest BCUT2D eigenvalue weighted by Crippen LogP contribution is 2.44. The predicted molar refractivity (Wildman–Crippen MR) is 91.2 cm³/mol. The second-order valence-corrected chi connectivity index (χ2v) is 7.75. The Morgan fingerprint density at radius 1 is 1.38 bits per heavy atom. The molecule has 0 bridgehead atoms. The fourth-order valence-electron chi connectivity index (χ4n) is 4.28. The summed E-state index contributed by atoms with van der Waals surface area (Å²) in [5.74, 6) is 1.08. The van der Waals surface area contributed by atoms with Crippen LogP contribution in [0.4, 0.5) is 0 Å². The van der Waals surface area contributed by atoms with Gasteiger partial charge in [-0.05, 0) is 43.2 Å². The first kappa shape index (κ1) is 16.0. The third-order valence-corrected chi connectivity index (χ3v) is 5.91. The van der Waals surface area contributed by atoms with E-state index in [1.54, 1.807) is 0 Å². The molecule has 1 aromatic heterocycles. The highest BCUT2D eigenvalue weighted by Gasteiger charge is 2.50. The Morgan fingerprint density at radius 3 is 2.92 bits per heavy atom. The van der Waals surface area contributed by atoms with Crippen LogP contribution in [0, 0.1) is 17.3 Å². The number of carbonyl (C=O) groups excluding carboxylic acids is 1. The van der Waals surface area contributed by atoms with Crippen LogP contribution in [-0.4, -0.2) is 48.6 Å². The van der Waals surface area contributed by atoms with Gasteiger partial charge in [0.15, 0.2) is 0 Å². The number of ether oxygens (including phenoxy) is 1. The van der Waals surface area contributed by atoms with Gasteiger partial charge in [0.05, 0.1) is 5.92 Å². The molecule has 1 aliphatic carbocycles. The summed E-state index contributed by atoms with van der Waals surface area (Å²) in [5.41, 5.74) is 1.31. The molecule has 1 spiro atoms. The summed E-state index contributed by atoms with van der Waals surface area (Å²) in [4.78, 5) is 19.5. The number of pyridine rings is 1. The number of aromatic nitrogens is 1. The zero-order chi connectivity index (χ0) is 16.4. The molecule has 0 radical (unpaired) electrons. The third kappa shape index (κ3) is 3.47. The van der Waals surface area contributed by atoms with Gasteiger partial charge < -0.3 is 10.1 Å². The van der Waals surface area contributed by atoms with Gasteiger partial charge in [-0.15, -0.1) is 0 Å². The van der Waals surface area contributed by atoms with E-state index in [-0.39, 0.29) is 17.2 Å². The lowest BCUT2D eigenvalue weighted by Crippen LogP contribution is -2.44. The topological polar surface area (TPSA) is 54.5 Å². The number of amides is 1. The molecule has 3 fully saturated rings. The van der Waals surface area contributed by atoms with Crippen molar-refractivity contribution < 1.29 is 9.53 Å². The average molecular weight is 329 g/mol. The summed E-state index contributed by atoms with van der Waals surface area (Å²) >= 11 is 0. The van der Waals surface area contributed by atoms with Crippen molar-refractivity contribution in [2.45, 2.75) is 32.2 Å². The molecule has 0 aromatic carbocycles. The summed E-state index contributed by atoms with van der Waals surface area (Å²) in [6, 6.07) is 4.10. The predicted octanol–water partition coefficient (Wildman–Crippen LogP) is 1.84. The van der Waals surface area contributed by atoms with E-state index in [1.165, 1.54) is 18.4 Å². The summed E-state index contributed by atoms with van der Waals surface area (Å²) < 4.78 is 5.59. The van der Waals surface area contributed by atoms with Crippen LogP contribution in [0.2, 0.25) is 0 Å². The van der Waals surface area contributed by atoms with Gasteiger partial charge in [0.25, 0.3) is 0 Å². The minimum Gasteiger partial charge on any atom is -0.381 e. The summed E-state index contributed by atoms with van der Waals surface area (Å²) in [6.07, 6.45) is 8.28. The normalized spacial score (nSPS) is 26.6. The van der Waals surface area contributed by atoms with Gasteiger partial charge in [-0.3, -0.25) is 14.7 Å². The molecular formula is C19H27N3O2. The lowest BCUT2D eigenvalue weighted by Gasteiger charge is -2.37. The minimum absolute atomic E-state index is 0.0914. The first-order chi connectivity index (χ1) is 11.8. The SMILES string of the molecule is O=C(NCC1CC1)[C@@H]1CN(Cc2cccnc2)CC12CCOCC2. The van der Waals surface area contributed by atoms with E-state index >= 15 is 0 Å². The molecule has 1 N–H and O–H groups in total. The molecule has 2 saturated heterocycles. The molecule has 3 heterocycles. The number of nitrogens with one attached hydrogen (secondary N) is 1. The van der Waals surface area contributed by atoms with Crippen LogP contribution in [0.5, 0.6) is 0 Å². The zero-order valence-electron chi connectivity index (χ0n) is 14.2. The first-order valence-corrected chi connectivity index (χ1v) is 9.22. The fourth-order valence-corrected chi connectivity index (χ4v) is 4.28. The van der Waals surface area contributed by atoms with Crippen molar-refractivity contribution >= 4 is 5.91 Å². The van der Waals surface area contributed by atoms with Gasteiger partial charge in [-0.1, -0.05) is 6.07 Å². The Bertz CT molecular complexity index is 567. The Hall–Kier alpha value is -1.46. The van der Waals surface area contributed by atoms with Crippen molar-refractivity contribution in [3.63, 3.8) is 0 Å². The third-order valence-electron chi connectivity index (χ3n) is 5.91. The number of carbonyl (C=O) groups is 1. The lowest BCUT2D eigenvalue weighted by molar-refractivity contribution is -0.129. The first-order valence-electron chi connectivity index (χ1n) is 9.22. The van der Waals surface area contributed by atoms with E-state index in [2.05, 4.69) is 21.3 Å². The molecule has 4 rings (SSSR count). The van der Waals surface area contributed by atoms with Crippen LogP contribution >= 0.6 is 0 Å². The van der Waals surface area contributed by atoms with Crippen LogP contribution in [-0.2, 0) is 16.1 Å². The highest BCUT2D eigenvalue weighted by atomic mass is 16.5. The number of likely N-dealkylation sites (tertiary alicyclic amines) is 1. The molecule has 1 aromatic rings. The Kier molecular flexibility index (Phi) is 4.55. The van der Waals surface area contributed by atoms with Gasteiger partial charge in [0, 0.05) is 57.2 Å². The van der Waals surface area contributed by atoms with Gasteiger partial charge in [-0.25, -0.2) is 0 Å². The number of nitrogens with zero attached hydrogens (tertiary/aromatic N) is 2. The average Bonchev–Trinajstić information content (AvgIpc) is 3.38. The summed E-state index contributed by atoms with van der Waals surface area (Å²) in [6.45, 7) is 5.16. The largest absolute Gasteiger partial charge is 0.381 e. The maximum atomic E-state index is 12.9. The molecule has 5 heteroatoms. The van der Waals surface area contributed by atoms with E-state index in [1.807, 2.05) is 18.5 Å². The molecule has 5 nitrogen and oxygen atoms in total. The molecule has 1 atom stereocenters. The van der Waals surface area contributed by atoms with Crippen LogP contribution < -0.4 is 5.32 Å². The minimum atomic E-state index is 0.0914. The van der Waals surface area contributed by atoms with Crippen molar-refractivity contribution in [3.8, 4) is 0 Å². The standard InChI is InChI=1S/C19H27N3O2/c23-18(21-11-15-3-4-15)17-13-22(12-16-2-1-7-20-10-16)14-19(17)5-8-24-9-6-19/h1-2,7,10,15,17H,3-6,8-9,11-14H2,(H,21,23)/t17-/m0/s1. The van der Waals surface area contributed by atoms with E-state index in [0.717, 1.165) is 58.2 Å². The van der Waals surface area contributed by atoms with Crippen molar-refractivity contribution in [2.75, 3.05) is 32.8 Å². The van der Waals surface area contributed by atoms with Crippen molar-refractivity contribution in [3.05, 3.63) is 30.1 Å². The quantitative estimate of drug-likeness (QED) is 0.895.